The molecule has 312 valence electrons. The molecule has 0 amide bonds. The molecular weight excluding hydrogens is 716 g/mol. The van der Waals surface area contributed by atoms with Gasteiger partial charge in [0, 0.05) is 0 Å². The van der Waals surface area contributed by atoms with Crippen LogP contribution in [0.5, 0.6) is 0 Å². The number of aliphatic hydroxyl groups excluding tert-OH is 10. The molecule has 2 saturated carbocycles. The SMILES string of the molecule is C=C(C)[C@H]1CCC[C@H]2[C@](C)(CCC1)CCC[C@@]2(C)C(=O)O[C@@H]1O[C@H](CO)[C@@H](O)[C@H](O)[C@H]1O[C@@H]1O[C@H](CO)[C@@H](O)[C@H](O)[C@H]1O[C@@H]1O[C@H](CO)[C@@H](O)[C@H](O)[C@H]1O. The molecule has 0 aromatic rings. The summed E-state index contributed by atoms with van der Waals surface area (Å²) in [6, 6.07) is 0. The van der Waals surface area contributed by atoms with Gasteiger partial charge in [-0.1, -0.05) is 38.3 Å². The highest BCUT2D eigenvalue weighted by atomic mass is 16.8. The first kappa shape index (κ1) is 43.7. The zero-order valence-electron chi connectivity index (χ0n) is 31.3. The zero-order chi connectivity index (χ0) is 39.7. The van der Waals surface area contributed by atoms with E-state index in [0.717, 1.165) is 56.9 Å². The normalized spacial score (nSPS) is 49.2. The van der Waals surface area contributed by atoms with Gasteiger partial charge in [0.2, 0.25) is 6.29 Å². The van der Waals surface area contributed by atoms with Crippen molar-refractivity contribution < 1.29 is 84.3 Å². The molecule has 10 N–H and O–H groups in total. The van der Waals surface area contributed by atoms with Gasteiger partial charge in [-0.05, 0) is 69.6 Å². The molecule has 5 fully saturated rings. The molecule has 3 saturated heterocycles. The maximum atomic E-state index is 14.5. The molecule has 0 unspecified atom stereocenters. The van der Waals surface area contributed by atoms with E-state index in [2.05, 4.69) is 20.4 Å². The van der Waals surface area contributed by atoms with Gasteiger partial charge in [0.15, 0.2) is 18.7 Å². The summed E-state index contributed by atoms with van der Waals surface area (Å²) in [6.07, 6.45) is -18.5. The molecule has 19 atom stereocenters. The standard InChI is InChI=1S/C37H62O17/c1-17(2)18-8-5-10-22-36(3,11-6-9-18)12-7-13-37(22,4)35(48)54-34-31(28(46)25(43)21(16-40)51-34)53-33-30(27(45)24(42)20(15-39)50-33)52-32-29(47)26(44)23(41)19(14-38)49-32/h18-34,38-47H,1,5-16H2,2-4H3/t18-,19+,20+,21+,22-,23+,24+,25+,26-,27-,28-,29+,30+,31+,32-,33-,34-,36+,37+/m0/s1. The second-order valence-corrected chi connectivity index (χ2v) is 16.6. The van der Waals surface area contributed by atoms with Gasteiger partial charge in [0.05, 0.1) is 25.2 Å². The van der Waals surface area contributed by atoms with Crippen LogP contribution in [0.2, 0.25) is 0 Å². The van der Waals surface area contributed by atoms with Crippen LogP contribution in [0.25, 0.3) is 0 Å². The largest absolute Gasteiger partial charge is 0.432 e. The number of rotatable bonds is 10. The minimum absolute atomic E-state index is 0.0674. The summed E-state index contributed by atoms with van der Waals surface area (Å²) in [4.78, 5) is 14.5. The molecule has 0 aromatic carbocycles. The van der Waals surface area contributed by atoms with Crippen LogP contribution < -0.4 is 0 Å². The molecule has 17 heteroatoms. The van der Waals surface area contributed by atoms with E-state index in [9.17, 15) is 55.9 Å². The lowest BCUT2D eigenvalue weighted by atomic mass is 9.53. The summed E-state index contributed by atoms with van der Waals surface area (Å²) in [6.45, 7) is 7.97. The molecule has 0 aromatic heterocycles. The van der Waals surface area contributed by atoms with Crippen LogP contribution in [0.4, 0.5) is 0 Å². The summed E-state index contributed by atoms with van der Waals surface area (Å²) in [5.41, 5.74) is 0.00373. The van der Waals surface area contributed by atoms with Crippen molar-refractivity contribution in [1.82, 2.24) is 0 Å². The molecule has 5 aliphatic rings. The topological polar surface area (TPSA) is 275 Å². The Labute approximate surface area is 315 Å². The minimum atomic E-state index is -1.93. The first-order valence-corrected chi connectivity index (χ1v) is 19.2. The Hall–Kier alpha value is -1.39. The predicted octanol–water partition coefficient (Wildman–Crippen LogP) is -1.66. The maximum absolute atomic E-state index is 14.5. The average molecular weight is 779 g/mol. The Bertz CT molecular complexity index is 1250. The van der Waals surface area contributed by atoms with Crippen molar-refractivity contribution in [3.05, 3.63) is 12.2 Å². The van der Waals surface area contributed by atoms with Crippen molar-refractivity contribution in [2.24, 2.45) is 22.7 Å². The van der Waals surface area contributed by atoms with Crippen LogP contribution in [-0.2, 0) is 33.2 Å². The fourth-order valence-corrected chi connectivity index (χ4v) is 9.48. The number of hydrogen-bond acceptors (Lipinski definition) is 17. The van der Waals surface area contributed by atoms with E-state index in [1.165, 1.54) is 0 Å². The Kier molecular flexibility index (Phi) is 14.6. The summed E-state index contributed by atoms with van der Waals surface area (Å²) in [7, 11) is 0. The van der Waals surface area contributed by atoms with Gasteiger partial charge >= 0.3 is 5.97 Å². The number of esters is 1. The van der Waals surface area contributed by atoms with Crippen LogP contribution in [0.1, 0.15) is 78.6 Å². The second kappa shape index (κ2) is 18.0. The lowest BCUT2D eigenvalue weighted by Gasteiger charge is -2.52. The molecule has 0 spiro atoms. The van der Waals surface area contributed by atoms with Crippen LogP contribution in [-0.4, -0.2) is 169 Å². The fourth-order valence-electron chi connectivity index (χ4n) is 9.48. The molecule has 3 aliphatic heterocycles. The van der Waals surface area contributed by atoms with Crippen molar-refractivity contribution in [3.8, 4) is 0 Å². The van der Waals surface area contributed by atoms with E-state index in [1.54, 1.807) is 0 Å². The summed E-state index contributed by atoms with van der Waals surface area (Å²) in [5.74, 6) is -0.290. The number of carbonyl (C=O) groups excluding carboxylic acids is 1. The van der Waals surface area contributed by atoms with Crippen molar-refractivity contribution in [3.63, 3.8) is 0 Å². The third kappa shape index (κ3) is 8.71. The fraction of sp³-hybridized carbons (Fsp3) is 0.919. The Morgan fingerprint density at radius 2 is 1.11 bits per heavy atom. The van der Waals surface area contributed by atoms with Crippen molar-refractivity contribution in [2.75, 3.05) is 19.8 Å². The third-order valence-corrected chi connectivity index (χ3v) is 12.9. The highest BCUT2D eigenvalue weighted by Gasteiger charge is 2.57. The second-order valence-electron chi connectivity index (χ2n) is 16.6. The third-order valence-electron chi connectivity index (χ3n) is 12.9. The van der Waals surface area contributed by atoms with E-state index in [0.29, 0.717) is 12.3 Å². The van der Waals surface area contributed by atoms with E-state index >= 15 is 0 Å². The molecular formula is C37H62O17. The number of hydrogen-bond donors (Lipinski definition) is 10. The van der Waals surface area contributed by atoms with Gasteiger partial charge in [-0.3, -0.25) is 4.79 Å². The molecule has 3 heterocycles. The van der Waals surface area contributed by atoms with Crippen molar-refractivity contribution >= 4 is 5.97 Å². The van der Waals surface area contributed by atoms with E-state index < -0.39 is 123 Å². The van der Waals surface area contributed by atoms with Gasteiger partial charge in [-0.25, -0.2) is 0 Å². The van der Waals surface area contributed by atoms with Gasteiger partial charge in [-0.15, -0.1) is 0 Å². The van der Waals surface area contributed by atoms with Gasteiger partial charge in [0.25, 0.3) is 0 Å². The first-order valence-electron chi connectivity index (χ1n) is 19.2. The Morgan fingerprint density at radius 3 is 1.69 bits per heavy atom. The Morgan fingerprint density at radius 1 is 0.630 bits per heavy atom. The molecule has 2 aliphatic carbocycles. The highest BCUT2D eigenvalue weighted by Crippen LogP contribution is 2.57. The van der Waals surface area contributed by atoms with Crippen LogP contribution >= 0.6 is 0 Å². The highest BCUT2D eigenvalue weighted by molar-refractivity contribution is 5.77. The van der Waals surface area contributed by atoms with Crippen LogP contribution in [0, 0.1) is 22.7 Å². The van der Waals surface area contributed by atoms with E-state index in [-0.39, 0.29) is 11.3 Å². The quantitative estimate of drug-likeness (QED) is 0.0878. The van der Waals surface area contributed by atoms with E-state index in [1.807, 2.05) is 6.92 Å². The predicted molar refractivity (Wildman–Crippen MR) is 185 cm³/mol. The lowest BCUT2D eigenvalue weighted by molar-refractivity contribution is -0.391. The summed E-state index contributed by atoms with van der Waals surface area (Å²) in [5, 5.41) is 105. The smallest absolute Gasteiger partial charge is 0.314 e. The first-order chi connectivity index (χ1) is 25.5. The maximum Gasteiger partial charge on any atom is 0.314 e. The van der Waals surface area contributed by atoms with Gasteiger partial charge in [0.1, 0.15) is 67.1 Å². The number of allylic oxidation sites excluding steroid dienone is 1. The Balaban J connectivity index is 1.42. The van der Waals surface area contributed by atoms with Crippen LogP contribution in [0.15, 0.2) is 12.2 Å². The monoisotopic (exact) mass is 778 g/mol. The molecule has 54 heavy (non-hydrogen) atoms. The summed E-state index contributed by atoms with van der Waals surface area (Å²) < 4.78 is 34.9. The number of aliphatic hydroxyl groups is 10. The van der Waals surface area contributed by atoms with Crippen molar-refractivity contribution in [2.45, 2.75) is 171 Å². The lowest BCUT2D eigenvalue weighted by Crippen LogP contribution is -2.67. The zero-order valence-corrected chi connectivity index (χ0v) is 31.3. The minimum Gasteiger partial charge on any atom is -0.432 e. The van der Waals surface area contributed by atoms with E-state index in [4.69, 9.17) is 28.4 Å². The van der Waals surface area contributed by atoms with Crippen LogP contribution in [0.3, 0.4) is 0 Å². The van der Waals surface area contributed by atoms with Gasteiger partial charge in [-0.2, -0.15) is 0 Å². The average Bonchev–Trinajstić information content (AvgIpc) is 3.23. The number of carbonyl (C=O) groups is 1. The van der Waals surface area contributed by atoms with Crippen molar-refractivity contribution in [1.29, 1.82) is 0 Å². The molecule has 0 bridgehead atoms. The molecule has 17 nitrogen and oxygen atoms in total. The molecule has 0 radical (unpaired) electrons. The number of fused-ring (bicyclic) bond motifs is 1. The summed E-state index contributed by atoms with van der Waals surface area (Å²) >= 11 is 0. The molecule has 5 rings (SSSR count). The van der Waals surface area contributed by atoms with Gasteiger partial charge < -0.3 is 79.5 Å². The number of ether oxygens (including phenoxy) is 6.